The van der Waals surface area contributed by atoms with Crippen LogP contribution < -0.4 is 4.90 Å². The van der Waals surface area contributed by atoms with Gasteiger partial charge in [0.2, 0.25) is 0 Å². The van der Waals surface area contributed by atoms with Crippen LogP contribution in [0.25, 0.3) is 11.1 Å². The van der Waals surface area contributed by atoms with Crippen molar-refractivity contribution in [3.8, 4) is 11.1 Å². The molecule has 1 aliphatic carbocycles. The van der Waals surface area contributed by atoms with Gasteiger partial charge in [-0.1, -0.05) is 88.8 Å². The van der Waals surface area contributed by atoms with Crippen molar-refractivity contribution in [2.24, 2.45) is 0 Å². The maximum atomic E-state index is 13.0. The highest BCUT2D eigenvalue weighted by molar-refractivity contribution is 6.10. The fourth-order valence-corrected chi connectivity index (χ4v) is 4.13. The zero-order valence-electron chi connectivity index (χ0n) is 19.4. The largest absolute Gasteiger partial charge is 0.449 e. The van der Waals surface area contributed by atoms with E-state index in [1.54, 1.807) is 6.07 Å². The van der Waals surface area contributed by atoms with E-state index in [2.05, 4.69) is 26.0 Å². The van der Waals surface area contributed by atoms with Crippen LogP contribution in [0.15, 0.2) is 42.5 Å². The fourth-order valence-electron chi connectivity index (χ4n) is 4.13. The number of benzene rings is 2. The van der Waals surface area contributed by atoms with Crippen LogP contribution in [0.4, 0.5) is 15.3 Å². The highest BCUT2D eigenvalue weighted by atomic mass is 16.6. The first kappa shape index (κ1) is 23.8. The first-order valence-corrected chi connectivity index (χ1v) is 12.0. The van der Waals surface area contributed by atoms with Crippen molar-refractivity contribution in [1.29, 1.82) is 0 Å². The number of nitrogens with zero attached hydrogens (tertiary/aromatic N) is 1. The third kappa shape index (κ3) is 5.90. The van der Waals surface area contributed by atoms with Gasteiger partial charge in [-0.15, -0.1) is 0 Å². The predicted molar refractivity (Wildman–Crippen MR) is 128 cm³/mol. The number of amides is 2. The van der Waals surface area contributed by atoms with Crippen LogP contribution in [0.2, 0.25) is 0 Å². The Bertz CT molecular complexity index is 882. The Morgan fingerprint density at radius 3 is 1.97 bits per heavy atom. The minimum absolute atomic E-state index is 0.300. The molecule has 0 radical (unpaired) electrons. The van der Waals surface area contributed by atoms with Crippen molar-refractivity contribution in [3.63, 3.8) is 0 Å². The molecule has 0 N–H and O–H groups in total. The van der Waals surface area contributed by atoms with Crippen LogP contribution in [0, 0.1) is 0 Å². The van der Waals surface area contributed by atoms with Crippen LogP contribution in [0.5, 0.6) is 0 Å². The van der Waals surface area contributed by atoms with E-state index < -0.39 is 12.2 Å². The number of imide groups is 1. The van der Waals surface area contributed by atoms with Crippen molar-refractivity contribution >= 4 is 17.9 Å². The Morgan fingerprint density at radius 2 is 1.34 bits per heavy atom. The monoisotopic (exact) mass is 437 g/mol. The molecule has 3 rings (SSSR count). The second kappa shape index (κ2) is 12.3. The molecule has 1 aliphatic rings. The molecular formula is C27H35NO4. The average Bonchev–Trinajstić information content (AvgIpc) is 3.18. The summed E-state index contributed by atoms with van der Waals surface area (Å²) in [5.74, 6) is 0. The highest BCUT2D eigenvalue weighted by Gasteiger charge is 2.32. The van der Waals surface area contributed by atoms with Gasteiger partial charge in [0, 0.05) is 6.42 Å². The quantitative estimate of drug-likeness (QED) is 0.291. The Hall–Kier alpha value is -2.82. The molecule has 5 nitrogen and oxygen atoms in total. The summed E-state index contributed by atoms with van der Waals surface area (Å²) < 4.78 is 11.0. The number of unbranched alkanes of at least 4 members (excludes halogenated alkanes) is 6. The van der Waals surface area contributed by atoms with Gasteiger partial charge in [-0.2, -0.15) is 4.90 Å². The second-order valence-corrected chi connectivity index (χ2v) is 8.32. The molecule has 0 aliphatic heterocycles. The Balaban J connectivity index is 1.78. The van der Waals surface area contributed by atoms with Crippen molar-refractivity contribution in [3.05, 3.63) is 53.6 Å². The van der Waals surface area contributed by atoms with E-state index in [0.29, 0.717) is 25.3 Å². The number of ether oxygens (including phenoxy) is 2. The molecule has 0 aromatic heterocycles. The van der Waals surface area contributed by atoms with E-state index in [0.717, 1.165) is 73.0 Å². The summed E-state index contributed by atoms with van der Waals surface area (Å²) in [5.41, 5.74) is 4.89. The van der Waals surface area contributed by atoms with Gasteiger partial charge in [0.05, 0.1) is 18.9 Å². The number of carbonyl (C=O) groups is 2. The van der Waals surface area contributed by atoms with E-state index in [1.807, 2.05) is 24.3 Å². The SMILES string of the molecule is CCCCCCOC(=O)N(C(=O)OCCCCCC)c1cccc2c1Cc1ccccc1-2. The van der Waals surface area contributed by atoms with Crippen LogP contribution in [-0.2, 0) is 15.9 Å². The Morgan fingerprint density at radius 1 is 0.750 bits per heavy atom. The van der Waals surface area contributed by atoms with Crippen molar-refractivity contribution < 1.29 is 19.1 Å². The normalized spacial score (nSPS) is 11.6. The van der Waals surface area contributed by atoms with E-state index in [9.17, 15) is 9.59 Å². The van der Waals surface area contributed by atoms with E-state index >= 15 is 0 Å². The van der Waals surface area contributed by atoms with Gasteiger partial charge in [-0.3, -0.25) is 0 Å². The van der Waals surface area contributed by atoms with Crippen LogP contribution in [0.1, 0.15) is 76.3 Å². The van der Waals surface area contributed by atoms with Gasteiger partial charge < -0.3 is 9.47 Å². The first-order valence-electron chi connectivity index (χ1n) is 12.0. The van der Waals surface area contributed by atoms with Crippen molar-refractivity contribution in [2.45, 2.75) is 71.6 Å². The van der Waals surface area contributed by atoms with Crippen LogP contribution in [-0.4, -0.2) is 25.4 Å². The molecule has 2 amide bonds. The second-order valence-electron chi connectivity index (χ2n) is 8.32. The number of anilines is 1. The molecule has 0 heterocycles. The van der Waals surface area contributed by atoms with Crippen molar-refractivity contribution in [2.75, 3.05) is 18.1 Å². The maximum absolute atomic E-state index is 13.0. The number of hydrogen-bond acceptors (Lipinski definition) is 4. The lowest BCUT2D eigenvalue weighted by Gasteiger charge is -2.22. The summed E-state index contributed by atoms with van der Waals surface area (Å²) in [6.45, 7) is 4.87. The number of rotatable bonds is 11. The van der Waals surface area contributed by atoms with Crippen LogP contribution >= 0.6 is 0 Å². The predicted octanol–water partition coefficient (Wildman–Crippen LogP) is 7.50. The summed E-state index contributed by atoms with van der Waals surface area (Å²) in [7, 11) is 0. The summed E-state index contributed by atoms with van der Waals surface area (Å²) in [6, 6.07) is 13.9. The lowest BCUT2D eigenvalue weighted by Crippen LogP contribution is -2.39. The van der Waals surface area contributed by atoms with Gasteiger partial charge in [0.25, 0.3) is 0 Å². The summed E-state index contributed by atoms with van der Waals surface area (Å²) >= 11 is 0. The summed E-state index contributed by atoms with van der Waals surface area (Å²) in [6.07, 6.45) is 7.36. The molecule has 32 heavy (non-hydrogen) atoms. The molecule has 0 fully saturated rings. The zero-order chi connectivity index (χ0) is 22.8. The smallest absolute Gasteiger partial charge is 0.424 e. The van der Waals surface area contributed by atoms with Gasteiger partial charge in [0.1, 0.15) is 0 Å². The fraction of sp³-hybridized carbons (Fsp3) is 0.481. The molecule has 0 atom stereocenters. The molecule has 172 valence electrons. The summed E-state index contributed by atoms with van der Waals surface area (Å²) in [5, 5.41) is 0. The highest BCUT2D eigenvalue weighted by Crippen LogP contribution is 2.41. The summed E-state index contributed by atoms with van der Waals surface area (Å²) in [4.78, 5) is 27.1. The Kier molecular flexibility index (Phi) is 9.14. The molecule has 0 saturated carbocycles. The topological polar surface area (TPSA) is 55.8 Å². The van der Waals surface area contributed by atoms with E-state index in [4.69, 9.17) is 9.47 Å². The number of hydrogen-bond donors (Lipinski definition) is 0. The molecule has 0 unspecified atom stereocenters. The molecule has 0 bridgehead atoms. The molecule has 0 saturated heterocycles. The van der Waals surface area contributed by atoms with Gasteiger partial charge in [-0.25, -0.2) is 9.59 Å². The third-order valence-corrected chi connectivity index (χ3v) is 5.88. The lowest BCUT2D eigenvalue weighted by molar-refractivity contribution is 0.132. The van der Waals surface area contributed by atoms with Gasteiger partial charge >= 0.3 is 12.2 Å². The van der Waals surface area contributed by atoms with E-state index in [-0.39, 0.29) is 0 Å². The minimum atomic E-state index is -0.663. The number of carbonyl (C=O) groups excluding carboxylic acids is 2. The van der Waals surface area contributed by atoms with E-state index in [1.165, 1.54) is 5.56 Å². The Labute approximate surface area is 191 Å². The number of fused-ring (bicyclic) bond motifs is 3. The molecule has 2 aromatic rings. The molecular weight excluding hydrogens is 402 g/mol. The minimum Gasteiger partial charge on any atom is -0.449 e. The third-order valence-electron chi connectivity index (χ3n) is 5.88. The molecule has 0 spiro atoms. The lowest BCUT2D eigenvalue weighted by atomic mass is 10.0. The standard InChI is InChI=1S/C27H35NO4/c1-3-5-7-11-18-31-26(29)28(27(30)32-19-12-8-6-4-2)25-17-13-16-23-22-15-10-9-14-21(22)20-24(23)25/h9-10,13-17H,3-8,11-12,18-20H2,1-2H3. The zero-order valence-corrected chi connectivity index (χ0v) is 19.4. The molecule has 2 aromatic carbocycles. The first-order chi connectivity index (χ1) is 15.7. The van der Waals surface area contributed by atoms with Crippen molar-refractivity contribution in [1.82, 2.24) is 0 Å². The van der Waals surface area contributed by atoms with Crippen LogP contribution in [0.3, 0.4) is 0 Å². The van der Waals surface area contributed by atoms with Gasteiger partial charge in [-0.05, 0) is 41.2 Å². The van der Waals surface area contributed by atoms with Gasteiger partial charge in [0.15, 0.2) is 0 Å². The average molecular weight is 438 g/mol. The maximum Gasteiger partial charge on any atom is 0.424 e. The molecule has 5 heteroatoms.